The number of aromatic nitrogens is 3. The molecule has 6 nitrogen and oxygen atoms in total. The number of para-hydroxylation sites is 4. The molecule has 8 heteroatoms. The normalized spacial score (nSPS) is 15.1. The van der Waals surface area contributed by atoms with Crippen LogP contribution in [0.1, 0.15) is 79.2 Å². The van der Waals surface area contributed by atoms with Gasteiger partial charge in [-0.2, -0.15) is 0 Å². The second-order valence-electron chi connectivity index (χ2n) is 21.6. The van der Waals surface area contributed by atoms with Crippen molar-refractivity contribution in [1.82, 2.24) is 14.1 Å². The van der Waals surface area contributed by atoms with Gasteiger partial charge in [0.05, 0.1) is 0 Å². The molecule has 2 aromatic heterocycles. The minimum absolute atomic E-state index is 0.00625. The van der Waals surface area contributed by atoms with Crippen LogP contribution in [0.5, 0.6) is 11.6 Å². The van der Waals surface area contributed by atoms with E-state index >= 15 is 0 Å². The molecule has 12 aromatic rings. The van der Waals surface area contributed by atoms with Gasteiger partial charge in [0.1, 0.15) is 0 Å². The molecule has 0 unspecified atom stereocenters. The Labute approximate surface area is 523 Å². The van der Waals surface area contributed by atoms with Crippen molar-refractivity contribution >= 4 is 46.4 Å². The molecule has 0 atom stereocenters. The molecule has 0 radical (unpaired) electrons. The molecule has 0 spiro atoms. The maximum absolute atomic E-state index is 10.5. The summed E-state index contributed by atoms with van der Waals surface area (Å²) in [6.07, 6.45) is -2.22. The summed E-state index contributed by atoms with van der Waals surface area (Å²) in [6.45, 7) is -0.766. The van der Waals surface area contributed by atoms with E-state index in [9.17, 15) is 9.60 Å². The van der Waals surface area contributed by atoms with E-state index in [2.05, 4.69) is 39.3 Å². The number of anilines is 4. The molecule has 3 heterocycles. The fourth-order valence-corrected chi connectivity index (χ4v) is 12.5. The van der Waals surface area contributed by atoms with Crippen LogP contribution >= 0.6 is 0 Å². The molecule has 10 aromatic carbocycles. The average molecular weight is 1280 g/mol. The molecular weight excluding hydrogens is 1200 g/mol. The first-order valence-electron chi connectivity index (χ1n) is 34.6. The second-order valence-corrected chi connectivity index (χ2v) is 22.6. The summed E-state index contributed by atoms with van der Waals surface area (Å²) in [5, 5.41) is 0. The van der Waals surface area contributed by atoms with Gasteiger partial charge in [0.15, 0.2) is 0 Å². The van der Waals surface area contributed by atoms with E-state index in [1.165, 1.54) is 6.07 Å². The standard InChI is InChI=1S/C76H66BN5O.Pt/c1-51(2)40-56-44-67(59-30-21-24-53(5)41-59)75(68(45-56)62-47-60(52(3)4)46-61(48-62)57-26-11-8-12-27-57)80-50-79(69-36-17-18-37-70(69)80)64-33-23-35-66(49-64)83-76-74(58-28-13-9-14-29-58)55(7)43-73(78-76)82-72-39-20-19-38-71(72)81(65-34-22-25-54(6)42-65)77(82)63-31-15-10-16-32-63;/h8-39,41-49,51-52H,40H2,1-7H3;/i5D3,6D3,7D3,40D2,44D,45D;. The number of pyridine rings is 1. The van der Waals surface area contributed by atoms with Gasteiger partial charge in [0, 0.05) is 9.80 Å². The van der Waals surface area contributed by atoms with Crippen LogP contribution in [0.25, 0.3) is 66.9 Å². The van der Waals surface area contributed by atoms with Crippen molar-refractivity contribution in [2.75, 3.05) is 9.62 Å². The molecule has 0 aliphatic carbocycles. The topological polar surface area (TPSA) is 38.5 Å². The zero-order chi connectivity index (χ0) is 68.6. The molecule has 0 saturated carbocycles. The fraction of sp³-hybridized carbons (Fsp3) is 0.132. The van der Waals surface area contributed by atoms with Gasteiger partial charge in [-0.25, -0.2) is 0 Å². The summed E-state index contributed by atoms with van der Waals surface area (Å²) in [5.41, 5.74) is 10.1. The fourth-order valence-electron chi connectivity index (χ4n) is 11.4. The number of imidazole rings is 1. The Morgan fingerprint density at radius 2 is 1.13 bits per heavy atom. The van der Waals surface area contributed by atoms with Crippen molar-refractivity contribution in [3.63, 3.8) is 0 Å². The summed E-state index contributed by atoms with van der Waals surface area (Å²) < 4.78 is 131. The van der Waals surface area contributed by atoms with E-state index in [4.69, 9.17) is 17.9 Å². The quantitative estimate of drug-likeness (QED) is 0.102. The monoisotopic (exact) mass is 1280 g/mol. The van der Waals surface area contributed by atoms with Crippen LogP contribution < -0.4 is 19.8 Å². The van der Waals surface area contributed by atoms with Gasteiger partial charge < -0.3 is 0 Å². The van der Waals surface area contributed by atoms with Crippen LogP contribution in [-0.4, -0.2) is 21.1 Å². The van der Waals surface area contributed by atoms with E-state index in [0.717, 1.165) is 27.8 Å². The van der Waals surface area contributed by atoms with Crippen molar-refractivity contribution in [2.45, 2.75) is 60.5 Å². The number of rotatable bonds is 14. The predicted molar refractivity (Wildman–Crippen MR) is 348 cm³/mol. The minimum atomic E-state index is -2.73. The Balaban J connectivity index is 1.06. The van der Waals surface area contributed by atoms with Gasteiger partial charge in [-0.3, -0.25) is 0 Å². The number of ether oxygens (including phenoxy) is 1. The van der Waals surface area contributed by atoms with E-state index < -0.39 is 39.8 Å². The third-order valence-corrected chi connectivity index (χ3v) is 16.2. The Morgan fingerprint density at radius 1 is 0.536 bits per heavy atom. The number of hydrogen-bond acceptors (Lipinski definition) is 4. The van der Waals surface area contributed by atoms with Gasteiger partial charge in [0.25, 0.3) is 0 Å². The van der Waals surface area contributed by atoms with Gasteiger partial charge in [-0.05, 0) is 30.6 Å². The summed E-state index contributed by atoms with van der Waals surface area (Å²) in [7, 11) is 0. The van der Waals surface area contributed by atoms with Crippen LogP contribution in [0.3, 0.4) is 0 Å². The Kier molecular flexibility index (Phi) is 11.2. The van der Waals surface area contributed by atoms with Crippen molar-refractivity contribution < 1.29 is 41.9 Å². The predicted octanol–water partition coefficient (Wildman–Crippen LogP) is 19.3. The molecule has 0 fully saturated rings. The molecule has 0 saturated heterocycles. The molecule has 1 aliphatic heterocycles. The van der Waals surface area contributed by atoms with Crippen molar-refractivity contribution in [3.8, 4) is 67.5 Å². The van der Waals surface area contributed by atoms with Crippen LogP contribution in [0.15, 0.2) is 249 Å². The molecule has 0 amide bonds. The number of nitrogens with zero attached hydrogens (tertiary/aromatic N) is 5. The third-order valence-electron chi connectivity index (χ3n) is 15.2. The summed E-state index contributed by atoms with van der Waals surface area (Å²) in [6, 6.07) is 72.1. The first kappa shape index (κ1) is 41.0. The van der Waals surface area contributed by atoms with Crippen molar-refractivity contribution in [2.24, 2.45) is 5.92 Å². The summed E-state index contributed by atoms with van der Waals surface area (Å²) in [5.74, 6) is -0.181. The Morgan fingerprint density at radius 3 is 1.83 bits per heavy atom. The first-order valence-corrected chi connectivity index (χ1v) is 29.2. The van der Waals surface area contributed by atoms with Gasteiger partial charge >= 0.3 is 431 Å². The number of benzene rings is 10. The third kappa shape index (κ3) is 10.4. The summed E-state index contributed by atoms with van der Waals surface area (Å²) in [4.78, 5) is 9.40. The summed E-state index contributed by atoms with van der Waals surface area (Å²) >= 11 is 2.25. The average Bonchev–Trinajstić information content (AvgIpc) is 1.67. The van der Waals surface area contributed by atoms with Crippen LogP contribution in [0.2, 0.25) is 0 Å². The van der Waals surface area contributed by atoms with E-state index in [-0.39, 0.29) is 68.8 Å². The molecule has 0 bridgehead atoms. The van der Waals surface area contributed by atoms with E-state index in [1.54, 1.807) is 62.4 Å². The van der Waals surface area contributed by atoms with Crippen LogP contribution in [-0.2, 0) is 25.7 Å². The van der Waals surface area contributed by atoms with Crippen LogP contribution in [0, 0.1) is 30.3 Å². The van der Waals surface area contributed by atoms with Crippen LogP contribution in [0.4, 0.5) is 22.9 Å². The van der Waals surface area contributed by atoms with Crippen molar-refractivity contribution in [3.05, 3.63) is 280 Å². The molecular formula is C76H66BN5OPt. The maximum atomic E-state index is 10.5. The van der Waals surface area contributed by atoms with Gasteiger partial charge in [-0.1, -0.05) is 54.6 Å². The zero-order valence-electron chi connectivity index (χ0n) is 59.7. The van der Waals surface area contributed by atoms with Gasteiger partial charge in [-0.15, -0.1) is 0 Å². The van der Waals surface area contributed by atoms with E-state index in [0.29, 0.717) is 59.8 Å². The number of aryl methyl sites for hydroxylation is 3. The molecule has 13 rings (SSSR count). The molecule has 84 heavy (non-hydrogen) atoms. The number of hydrogen-bond donors (Lipinski definition) is 0. The van der Waals surface area contributed by atoms with Crippen molar-refractivity contribution in [1.29, 1.82) is 0 Å². The van der Waals surface area contributed by atoms with Gasteiger partial charge in [0.2, 0.25) is 0 Å². The first-order chi connectivity index (χ1) is 46.2. The Hall–Kier alpha value is -9.03. The molecule has 1 aliphatic rings. The molecule has 414 valence electrons. The SMILES string of the molecule is [2H]c1c(-c2cc(-c3ccccc3)cc(C(C)C)c2)c(-n2[c](=[Pt])n(-c3cccc(Oc4nc(N5B(c6ccccc6)N(c6cccc(C([2H])([2H])[2H])c6)c6ccccc65)cc(C([2H])([2H])[2H])c4-c4ccccc4)c3)c3ccccc32)c(-c2cccc(C([2H])([2H])[2H])c2)c([2H])c1C([2H])([2H])C(C)C. The zero-order valence-corrected chi connectivity index (χ0v) is 49.0. The molecule has 0 N–H and O–H groups in total. The van der Waals surface area contributed by atoms with E-state index in [1.807, 2.05) is 195 Å². The second kappa shape index (κ2) is 23.0. The number of fused-ring (bicyclic) bond motifs is 2. The Bertz CT molecular complexity index is 5050.